The maximum absolute atomic E-state index is 5.99. The van der Waals surface area contributed by atoms with Crippen LogP contribution in [-0.4, -0.2) is 34.6 Å². The van der Waals surface area contributed by atoms with Crippen LogP contribution in [0.5, 0.6) is 0 Å². The van der Waals surface area contributed by atoms with E-state index in [4.69, 9.17) is 11.6 Å². The molecule has 1 aliphatic rings. The summed E-state index contributed by atoms with van der Waals surface area (Å²) in [4.78, 5) is 15.1. The van der Waals surface area contributed by atoms with Crippen molar-refractivity contribution in [1.29, 1.82) is 0 Å². The molecule has 5 nitrogen and oxygen atoms in total. The molecule has 0 aliphatic carbocycles. The highest BCUT2D eigenvalue weighted by Gasteiger charge is 2.14. The Bertz CT molecular complexity index is 391. The summed E-state index contributed by atoms with van der Waals surface area (Å²) in [5.74, 6) is 1.29. The van der Waals surface area contributed by atoms with Gasteiger partial charge in [0.05, 0.1) is 0 Å². The molecule has 0 atom stereocenters. The summed E-state index contributed by atoms with van der Waals surface area (Å²) in [7, 11) is 0. The van der Waals surface area contributed by atoms with Crippen LogP contribution < -0.4 is 10.2 Å². The molecule has 1 fully saturated rings. The third-order valence-corrected chi connectivity index (χ3v) is 3.44. The lowest BCUT2D eigenvalue weighted by Gasteiger charge is -2.24. The number of nitrogens with zero attached hydrogens (tertiary/aromatic N) is 4. The third-order valence-electron chi connectivity index (χ3n) is 3.27. The second kappa shape index (κ2) is 7.48. The Labute approximate surface area is 119 Å². The maximum atomic E-state index is 5.99. The van der Waals surface area contributed by atoms with Crippen LogP contribution in [0.4, 0.5) is 11.9 Å². The van der Waals surface area contributed by atoms with Crippen LogP contribution >= 0.6 is 11.6 Å². The van der Waals surface area contributed by atoms with E-state index in [9.17, 15) is 0 Å². The standard InChI is InChI=1S/C13H22ClN5/c1-2-8-15-12-16-11(14)17-13(18-12)19-9-6-4-3-5-7-10-19/h2-10H2,1H3,(H,15,16,17,18). The lowest BCUT2D eigenvalue weighted by molar-refractivity contribution is 0.550. The van der Waals surface area contributed by atoms with Crippen LogP contribution in [0.2, 0.25) is 5.28 Å². The molecular formula is C13H22ClN5. The third kappa shape index (κ3) is 4.49. The van der Waals surface area contributed by atoms with Crippen LogP contribution in [0.3, 0.4) is 0 Å². The second-order valence-electron chi connectivity index (χ2n) is 4.91. The number of rotatable bonds is 4. The number of aromatic nitrogens is 3. The number of anilines is 2. The zero-order valence-electron chi connectivity index (χ0n) is 11.5. The first-order valence-corrected chi connectivity index (χ1v) is 7.58. The van der Waals surface area contributed by atoms with Gasteiger partial charge in [-0.25, -0.2) is 0 Å². The van der Waals surface area contributed by atoms with Crippen LogP contribution in [0.25, 0.3) is 0 Å². The van der Waals surface area contributed by atoms with Gasteiger partial charge in [0, 0.05) is 19.6 Å². The minimum Gasteiger partial charge on any atom is -0.354 e. The van der Waals surface area contributed by atoms with Crippen molar-refractivity contribution in [3.63, 3.8) is 0 Å². The summed E-state index contributed by atoms with van der Waals surface area (Å²) >= 11 is 5.99. The van der Waals surface area contributed by atoms with Gasteiger partial charge in [-0.15, -0.1) is 0 Å². The van der Waals surface area contributed by atoms with Crippen molar-refractivity contribution in [2.45, 2.75) is 45.4 Å². The van der Waals surface area contributed by atoms with Gasteiger partial charge in [-0.2, -0.15) is 15.0 Å². The SMILES string of the molecule is CCCNc1nc(Cl)nc(N2CCCCCCC2)n1. The predicted molar refractivity (Wildman–Crippen MR) is 78.9 cm³/mol. The summed E-state index contributed by atoms with van der Waals surface area (Å²) in [6.07, 6.45) is 7.34. The molecular weight excluding hydrogens is 262 g/mol. The van der Waals surface area contributed by atoms with Gasteiger partial charge in [0.15, 0.2) is 0 Å². The molecule has 0 bridgehead atoms. The van der Waals surface area contributed by atoms with Crippen molar-refractivity contribution in [3.05, 3.63) is 5.28 Å². The van der Waals surface area contributed by atoms with Crippen LogP contribution in [0.1, 0.15) is 45.4 Å². The predicted octanol–water partition coefficient (Wildman–Crippen LogP) is 3.12. The Kier molecular flexibility index (Phi) is 5.63. The molecule has 0 unspecified atom stereocenters. The molecule has 2 heterocycles. The van der Waals surface area contributed by atoms with Gasteiger partial charge in [0.1, 0.15) is 0 Å². The molecule has 6 heteroatoms. The molecule has 1 aromatic rings. The molecule has 1 aliphatic heterocycles. The molecule has 0 saturated carbocycles. The first-order chi connectivity index (χ1) is 9.29. The van der Waals surface area contributed by atoms with E-state index in [0.29, 0.717) is 11.9 Å². The van der Waals surface area contributed by atoms with E-state index in [1.807, 2.05) is 0 Å². The average molecular weight is 284 g/mol. The molecule has 0 amide bonds. The Hall–Kier alpha value is -1.10. The number of halogens is 1. The van der Waals surface area contributed by atoms with Crippen molar-refractivity contribution >= 4 is 23.5 Å². The number of hydrogen-bond donors (Lipinski definition) is 1. The smallest absolute Gasteiger partial charge is 0.231 e. The normalized spacial score (nSPS) is 16.8. The first-order valence-electron chi connectivity index (χ1n) is 7.20. The van der Waals surface area contributed by atoms with E-state index in [-0.39, 0.29) is 5.28 Å². The van der Waals surface area contributed by atoms with Gasteiger partial charge >= 0.3 is 0 Å². The van der Waals surface area contributed by atoms with E-state index in [1.165, 1.54) is 32.1 Å². The summed E-state index contributed by atoms with van der Waals surface area (Å²) in [5.41, 5.74) is 0. The molecule has 0 aromatic carbocycles. The summed E-state index contributed by atoms with van der Waals surface area (Å²) in [5, 5.41) is 3.44. The average Bonchev–Trinajstić information content (AvgIpc) is 2.35. The number of hydrogen-bond acceptors (Lipinski definition) is 5. The van der Waals surface area contributed by atoms with Crippen molar-refractivity contribution in [1.82, 2.24) is 15.0 Å². The molecule has 0 spiro atoms. The van der Waals surface area contributed by atoms with Gasteiger partial charge in [0.2, 0.25) is 17.2 Å². The molecule has 1 aromatic heterocycles. The Balaban J connectivity index is 2.10. The van der Waals surface area contributed by atoms with Gasteiger partial charge < -0.3 is 10.2 Å². The van der Waals surface area contributed by atoms with E-state index < -0.39 is 0 Å². The second-order valence-corrected chi connectivity index (χ2v) is 5.25. The quantitative estimate of drug-likeness (QED) is 0.920. The van der Waals surface area contributed by atoms with Crippen LogP contribution in [-0.2, 0) is 0 Å². The Morgan fingerprint density at radius 1 is 1.05 bits per heavy atom. The minimum atomic E-state index is 0.269. The minimum absolute atomic E-state index is 0.269. The molecule has 0 radical (unpaired) electrons. The van der Waals surface area contributed by atoms with Gasteiger partial charge in [-0.05, 0) is 30.9 Å². The lowest BCUT2D eigenvalue weighted by Crippen LogP contribution is -2.29. The fraction of sp³-hybridized carbons (Fsp3) is 0.769. The van der Waals surface area contributed by atoms with E-state index in [0.717, 1.165) is 26.1 Å². The highest BCUT2D eigenvalue weighted by Crippen LogP contribution is 2.18. The van der Waals surface area contributed by atoms with Crippen molar-refractivity contribution in [3.8, 4) is 0 Å². The van der Waals surface area contributed by atoms with Gasteiger partial charge in [-0.3, -0.25) is 0 Å². The van der Waals surface area contributed by atoms with E-state index in [1.54, 1.807) is 0 Å². The largest absolute Gasteiger partial charge is 0.354 e. The number of nitrogens with one attached hydrogen (secondary N) is 1. The zero-order chi connectivity index (χ0) is 13.5. The van der Waals surface area contributed by atoms with E-state index >= 15 is 0 Å². The van der Waals surface area contributed by atoms with Gasteiger partial charge in [0.25, 0.3) is 0 Å². The van der Waals surface area contributed by atoms with Crippen molar-refractivity contribution < 1.29 is 0 Å². The summed E-state index contributed by atoms with van der Waals surface area (Å²) in [6, 6.07) is 0. The lowest BCUT2D eigenvalue weighted by atomic mass is 10.1. The van der Waals surface area contributed by atoms with Crippen molar-refractivity contribution in [2.75, 3.05) is 29.9 Å². The molecule has 1 N–H and O–H groups in total. The zero-order valence-corrected chi connectivity index (χ0v) is 12.3. The topological polar surface area (TPSA) is 53.9 Å². The van der Waals surface area contributed by atoms with Crippen molar-refractivity contribution in [2.24, 2.45) is 0 Å². The summed E-state index contributed by atoms with van der Waals surface area (Å²) < 4.78 is 0. The molecule has 2 rings (SSSR count). The highest BCUT2D eigenvalue weighted by molar-refractivity contribution is 6.28. The maximum Gasteiger partial charge on any atom is 0.231 e. The fourth-order valence-corrected chi connectivity index (χ4v) is 2.40. The molecule has 106 valence electrons. The summed E-state index contributed by atoms with van der Waals surface area (Å²) in [6.45, 7) is 4.97. The van der Waals surface area contributed by atoms with Gasteiger partial charge in [-0.1, -0.05) is 26.2 Å². The first kappa shape index (κ1) is 14.3. The Morgan fingerprint density at radius 3 is 2.42 bits per heavy atom. The fourth-order valence-electron chi connectivity index (χ4n) is 2.24. The monoisotopic (exact) mass is 283 g/mol. The highest BCUT2D eigenvalue weighted by atomic mass is 35.5. The van der Waals surface area contributed by atoms with E-state index in [2.05, 4.69) is 32.1 Å². The molecule has 1 saturated heterocycles. The van der Waals surface area contributed by atoms with Crippen LogP contribution in [0, 0.1) is 0 Å². The van der Waals surface area contributed by atoms with Crippen LogP contribution in [0.15, 0.2) is 0 Å². The Morgan fingerprint density at radius 2 is 1.74 bits per heavy atom. The molecule has 19 heavy (non-hydrogen) atoms.